The maximum Gasteiger partial charge on any atom is 0.332 e. The number of rotatable bonds is 3. The van der Waals surface area contributed by atoms with Crippen LogP contribution in [0.1, 0.15) is 23.6 Å². The third-order valence-corrected chi connectivity index (χ3v) is 6.14. The van der Waals surface area contributed by atoms with Crippen LogP contribution in [0.2, 0.25) is 0 Å². The van der Waals surface area contributed by atoms with Gasteiger partial charge in [0, 0.05) is 25.8 Å². The number of aromatic nitrogens is 4. The lowest BCUT2D eigenvalue weighted by molar-refractivity contribution is 0.458. The Morgan fingerprint density at radius 2 is 1.69 bits per heavy atom. The smallest absolute Gasteiger partial charge is 0.312 e. The van der Waals surface area contributed by atoms with Gasteiger partial charge in [-0.05, 0) is 48.6 Å². The van der Waals surface area contributed by atoms with Crippen LogP contribution in [0.3, 0.4) is 0 Å². The molecule has 0 radical (unpaired) electrons. The average Bonchev–Trinajstić information content (AvgIpc) is 3.14. The minimum absolute atomic E-state index is 0.235. The van der Waals surface area contributed by atoms with Gasteiger partial charge in [0.1, 0.15) is 0 Å². The first-order valence-corrected chi connectivity index (χ1v) is 10.9. The van der Waals surface area contributed by atoms with E-state index in [4.69, 9.17) is 4.98 Å². The van der Waals surface area contributed by atoms with E-state index in [0.717, 1.165) is 17.8 Å². The number of hydrogen-bond donors (Lipinski definition) is 0. The maximum absolute atomic E-state index is 13.6. The lowest BCUT2D eigenvalue weighted by atomic mass is 10.1. The van der Waals surface area contributed by atoms with Gasteiger partial charge in [-0.15, -0.1) is 0 Å². The number of nitrogens with zero attached hydrogens (tertiary/aromatic N) is 5. The zero-order valence-electron chi connectivity index (χ0n) is 18.9. The summed E-state index contributed by atoms with van der Waals surface area (Å²) in [6.07, 6.45) is 0. The van der Waals surface area contributed by atoms with Crippen molar-refractivity contribution in [3.63, 3.8) is 0 Å². The molecule has 0 saturated carbocycles. The number of fused-ring (bicyclic) bond motifs is 3. The summed E-state index contributed by atoms with van der Waals surface area (Å²) >= 11 is 0. The largest absolute Gasteiger partial charge is 0.332 e. The summed E-state index contributed by atoms with van der Waals surface area (Å²) in [5, 5.41) is 0. The molecule has 4 aromatic rings. The Bertz CT molecular complexity index is 1430. The molecule has 0 fully saturated rings. The molecular weight excluding hydrogens is 402 g/mol. The predicted molar refractivity (Wildman–Crippen MR) is 127 cm³/mol. The third kappa shape index (κ3) is 3.25. The number of hydrogen-bond acceptors (Lipinski definition) is 4. The lowest BCUT2D eigenvalue weighted by Crippen LogP contribution is -2.40. The fourth-order valence-corrected chi connectivity index (χ4v) is 4.73. The van der Waals surface area contributed by atoms with Gasteiger partial charge in [0.05, 0.1) is 6.54 Å². The number of anilines is 2. The highest BCUT2D eigenvalue weighted by atomic mass is 16.2. The summed E-state index contributed by atoms with van der Waals surface area (Å²) in [7, 11) is 1.69. The highest BCUT2D eigenvalue weighted by Gasteiger charge is 2.30. The first-order valence-electron chi connectivity index (χ1n) is 10.9. The molecule has 0 aliphatic carbocycles. The molecule has 3 heterocycles. The molecule has 1 unspecified atom stereocenters. The van der Waals surface area contributed by atoms with Gasteiger partial charge in [0.25, 0.3) is 5.56 Å². The number of aryl methyl sites for hydroxylation is 3. The summed E-state index contributed by atoms with van der Waals surface area (Å²) in [6.45, 7) is 8.07. The minimum Gasteiger partial charge on any atom is -0.312 e. The SMILES string of the molecule is Cc1cc(C)cc(N2CC(C)Cn3c2nc2c3c(=O)n(Cc3ccccc3)c(=O)n2C)c1. The van der Waals surface area contributed by atoms with Crippen molar-refractivity contribution in [2.45, 2.75) is 33.9 Å². The summed E-state index contributed by atoms with van der Waals surface area (Å²) in [6, 6.07) is 16.0. The Labute approximate surface area is 186 Å². The van der Waals surface area contributed by atoms with Gasteiger partial charge in [0.15, 0.2) is 11.2 Å². The average molecular weight is 430 g/mol. The molecule has 0 amide bonds. The predicted octanol–water partition coefficient (Wildman–Crippen LogP) is 3.35. The quantitative estimate of drug-likeness (QED) is 0.501. The molecule has 0 saturated heterocycles. The Hall–Kier alpha value is -3.61. The first kappa shape index (κ1) is 20.3. The molecule has 0 N–H and O–H groups in total. The molecule has 0 bridgehead atoms. The van der Waals surface area contributed by atoms with Gasteiger partial charge >= 0.3 is 5.69 Å². The van der Waals surface area contributed by atoms with Crippen LogP contribution in [0.5, 0.6) is 0 Å². The van der Waals surface area contributed by atoms with Crippen LogP contribution >= 0.6 is 0 Å². The first-order chi connectivity index (χ1) is 15.3. The van der Waals surface area contributed by atoms with E-state index >= 15 is 0 Å². The Morgan fingerprint density at radius 1 is 1.00 bits per heavy atom. The fourth-order valence-electron chi connectivity index (χ4n) is 4.73. The topological polar surface area (TPSA) is 65.1 Å². The Morgan fingerprint density at radius 3 is 2.38 bits per heavy atom. The van der Waals surface area contributed by atoms with Crippen molar-refractivity contribution in [2.75, 3.05) is 11.4 Å². The van der Waals surface area contributed by atoms with Crippen LogP contribution in [0.15, 0.2) is 58.1 Å². The molecular formula is C25H27N5O2. The summed E-state index contributed by atoms with van der Waals surface area (Å²) in [5.41, 5.74) is 4.60. The number of imidazole rings is 1. The van der Waals surface area contributed by atoms with Gasteiger partial charge in [0.2, 0.25) is 5.95 Å². The fraction of sp³-hybridized carbons (Fsp3) is 0.320. The van der Waals surface area contributed by atoms with Crippen molar-refractivity contribution in [2.24, 2.45) is 13.0 Å². The Kier molecular flexibility index (Phi) is 4.77. The van der Waals surface area contributed by atoms with E-state index in [1.807, 2.05) is 34.9 Å². The van der Waals surface area contributed by atoms with Gasteiger partial charge in [-0.2, -0.15) is 4.98 Å². The van der Waals surface area contributed by atoms with E-state index in [9.17, 15) is 9.59 Å². The molecule has 2 aromatic carbocycles. The highest BCUT2D eigenvalue weighted by Crippen LogP contribution is 2.33. The second kappa shape index (κ2) is 7.51. The van der Waals surface area contributed by atoms with Crippen LogP contribution < -0.4 is 16.1 Å². The molecule has 7 nitrogen and oxygen atoms in total. The highest BCUT2D eigenvalue weighted by molar-refractivity contribution is 5.77. The summed E-state index contributed by atoms with van der Waals surface area (Å²) in [4.78, 5) is 33.6. The van der Waals surface area contributed by atoms with Crippen molar-refractivity contribution < 1.29 is 0 Å². The second-order valence-electron chi connectivity index (χ2n) is 8.97. The lowest BCUT2D eigenvalue weighted by Gasteiger charge is -2.33. The van der Waals surface area contributed by atoms with E-state index in [0.29, 0.717) is 29.6 Å². The van der Waals surface area contributed by atoms with Gasteiger partial charge in [-0.3, -0.25) is 13.9 Å². The second-order valence-corrected chi connectivity index (χ2v) is 8.97. The van der Waals surface area contributed by atoms with Crippen LogP contribution in [0.4, 0.5) is 11.6 Å². The van der Waals surface area contributed by atoms with Gasteiger partial charge in [-0.1, -0.05) is 43.3 Å². The number of benzene rings is 2. The third-order valence-electron chi connectivity index (χ3n) is 6.14. The maximum atomic E-state index is 13.6. The Balaban J connectivity index is 1.74. The molecule has 5 rings (SSSR count). The van der Waals surface area contributed by atoms with Gasteiger partial charge < -0.3 is 9.47 Å². The van der Waals surface area contributed by atoms with Crippen molar-refractivity contribution in [1.29, 1.82) is 0 Å². The van der Waals surface area contributed by atoms with Crippen molar-refractivity contribution in [1.82, 2.24) is 18.7 Å². The van der Waals surface area contributed by atoms with Crippen molar-refractivity contribution >= 4 is 22.8 Å². The van der Waals surface area contributed by atoms with Crippen LogP contribution in [-0.4, -0.2) is 25.2 Å². The van der Waals surface area contributed by atoms with E-state index in [2.05, 4.69) is 43.9 Å². The van der Waals surface area contributed by atoms with Gasteiger partial charge in [-0.25, -0.2) is 4.79 Å². The van der Waals surface area contributed by atoms with E-state index in [-0.39, 0.29) is 17.8 Å². The van der Waals surface area contributed by atoms with Crippen LogP contribution in [0.25, 0.3) is 11.2 Å². The molecule has 1 aliphatic rings. The van der Waals surface area contributed by atoms with Crippen molar-refractivity contribution in [3.05, 3.63) is 86.1 Å². The van der Waals surface area contributed by atoms with Crippen LogP contribution in [-0.2, 0) is 20.1 Å². The van der Waals surface area contributed by atoms with E-state index in [1.165, 1.54) is 20.3 Å². The minimum atomic E-state index is -0.354. The van der Waals surface area contributed by atoms with Crippen molar-refractivity contribution in [3.8, 4) is 0 Å². The normalized spacial score (nSPS) is 15.9. The molecule has 164 valence electrons. The zero-order chi connectivity index (χ0) is 22.6. The molecule has 0 spiro atoms. The summed E-state index contributed by atoms with van der Waals surface area (Å²) < 4.78 is 4.80. The molecule has 2 aromatic heterocycles. The van der Waals surface area contributed by atoms with E-state index in [1.54, 1.807) is 7.05 Å². The summed E-state index contributed by atoms with van der Waals surface area (Å²) in [5.74, 6) is 1.03. The monoisotopic (exact) mass is 429 g/mol. The molecule has 7 heteroatoms. The van der Waals surface area contributed by atoms with Crippen LogP contribution in [0, 0.1) is 19.8 Å². The standard InChI is InChI=1S/C25H27N5O2/c1-16-10-17(2)12-20(11-16)28-13-18(3)14-29-21-22(26-24(28)29)27(4)25(32)30(23(21)31)15-19-8-6-5-7-9-19/h5-12,18H,13-15H2,1-4H3. The zero-order valence-corrected chi connectivity index (χ0v) is 18.9. The molecule has 1 atom stereocenters. The molecule has 32 heavy (non-hydrogen) atoms. The van der Waals surface area contributed by atoms with E-state index < -0.39 is 0 Å². The molecule has 1 aliphatic heterocycles.